The fourth-order valence-electron chi connectivity index (χ4n) is 2.16. The number of carbonyl (C=O) groups is 2. The highest BCUT2D eigenvalue weighted by Gasteiger charge is 2.14. The fraction of sp³-hybridized carbons (Fsp3) is 0.235. The molecule has 0 aliphatic carbocycles. The quantitative estimate of drug-likeness (QED) is 0.673. The minimum absolute atomic E-state index is 0.339. The molecule has 0 atom stereocenters. The van der Waals surface area contributed by atoms with Crippen molar-refractivity contribution >= 4 is 29.3 Å². The Kier molecular flexibility index (Phi) is 5.76. The number of rotatable bonds is 5. The molecule has 0 spiro atoms. The summed E-state index contributed by atoms with van der Waals surface area (Å²) in [5, 5.41) is 3.30. The average molecular weight is 330 g/mol. The van der Waals surface area contributed by atoms with Gasteiger partial charge in [0, 0.05) is 11.9 Å². The Balaban J connectivity index is 1.95. The monoisotopic (exact) mass is 330 g/mol. The van der Waals surface area contributed by atoms with E-state index in [4.69, 9.17) is 4.74 Å². The van der Waals surface area contributed by atoms with Crippen LogP contribution in [0.2, 0.25) is 0 Å². The summed E-state index contributed by atoms with van der Waals surface area (Å²) in [5.74, 6) is -0.934. The van der Waals surface area contributed by atoms with E-state index in [1.54, 1.807) is 18.3 Å². The molecule has 23 heavy (non-hydrogen) atoms. The van der Waals surface area contributed by atoms with Crippen molar-refractivity contribution in [2.24, 2.45) is 0 Å². The number of carbonyl (C=O) groups excluding carboxylic acids is 2. The van der Waals surface area contributed by atoms with Gasteiger partial charge in [0.15, 0.2) is 6.61 Å². The highest BCUT2D eigenvalue weighted by molar-refractivity contribution is 7.98. The lowest BCUT2D eigenvalue weighted by atomic mass is 10.1. The van der Waals surface area contributed by atoms with Gasteiger partial charge in [0.2, 0.25) is 0 Å². The Hall–Kier alpha value is -2.34. The van der Waals surface area contributed by atoms with Crippen LogP contribution in [-0.2, 0) is 9.53 Å². The number of benzene rings is 1. The van der Waals surface area contributed by atoms with E-state index in [1.807, 2.05) is 38.3 Å². The second-order valence-electron chi connectivity index (χ2n) is 5.06. The lowest BCUT2D eigenvalue weighted by Crippen LogP contribution is -2.21. The van der Waals surface area contributed by atoms with Gasteiger partial charge in [0.25, 0.3) is 5.91 Å². The van der Waals surface area contributed by atoms with Crippen LogP contribution in [-0.4, -0.2) is 29.7 Å². The molecule has 1 amide bonds. The number of nitrogens with zero attached hydrogens (tertiary/aromatic N) is 1. The number of hydrogen-bond acceptors (Lipinski definition) is 5. The van der Waals surface area contributed by atoms with Gasteiger partial charge in [-0.25, -0.2) is 9.78 Å². The summed E-state index contributed by atoms with van der Waals surface area (Å²) in [5.41, 5.74) is 3.16. The molecule has 0 aliphatic rings. The minimum atomic E-state index is -0.557. The SMILES string of the molecule is CSc1ncccc1C(=O)OCC(=O)Nc1cc(C)cc(C)c1. The predicted octanol–water partition coefficient (Wildman–Crippen LogP) is 3.22. The van der Waals surface area contributed by atoms with E-state index in [-0.39, 0.29) is 12.5 Å². The number of hydrogen-bond donors (Lipinski definition) is 1. The maximum atomic E-state index is 12.0. The molecule has 0 fully saturated rings. The largest absolute Gasteiger partial charge is 0.452 e. The van der Waals surface area contributed by atoms with Crippen molar-refractivity contribution in [1.29, 1.82) is 0 Å². The van der Waals surface area contributed by atoms with Gasteiger partial charge in [0.1, 0.15) is 5.03 Å². The number of pyridine rings is 1. The Morgan fingerprint density at radius 1 is 1.22 bits per heavy atom. The van der Waals surface area contributed by atoms with E-state index >= 15 is 0 Å². The molecule has 0 saturated carbocycles. The van der Waals surface area contributed by atoms with Crippen LogP contribution in [0.5, 0.6) is 0 Å². The molecule has 6 heteroatoms. The maximum Gasteiger partial charge on any atom is 0.341 e. The minimum Gasteiger partial charge on any atom is -0.452 e. The van der Waals surface area contributed by atoms with Gasteiger partial charge in [-0.2, -0.15) is 0 Å². The number of anilines is 1. The first-order chi connectivity index (χ1) is 11.0. The zero-order valence-corrected chi connectivity index (χ0v) is 14.1. The van der Waals surface area contributed by atoms with Gasteiger partial charge in [-0.1, -0.05) is 6.07 Å². The van der Waals surface area contributed by atoms with Gasteiger partial charge < -0.3 is 10.1 Å². The van der Waals surface area contributed by atoms with Crippen LogP contribution in [0.3, 0.4) is 0 Å². The highest BCUT2D eigenvalue weighted by atomic mass is 32.2. The molecule has 2 rings (SSSR count). The summed E-state index contributed by atoms with van der Waals surface area (Å²) in [6.07, 6.45) is 3.43. The summed E-state index contributed by atoms with van der Waals surface area (Å²) in [4.78, 5) is 28.0. The van der Waals surface area contributed by atoms with Crippen LogP contribution in [0.4, 0.5) is 5.69 Å². The topological polar surface area (TPSA) is 68.3 Å². The molecule has 0 unspecified atom stereocenters. The molecule has 1 aromatic carbocycles. The molecule has 1 aromatic heterocycles. The third-order valence-corrected chi connectivity index (χ3v) is 3.74. The fourth-order valence-corrected chi connectivity index (χ4v) is 2.70. The van der Waals surface area contributed by atoms with Crippen molar-refractivity contribution in [3.63, 3.8) is 0 Å². The van der Waals surface area contributed by atoms with Crippen LogP contribution in [0.1, 0.15) is 21.5 Å². The normalized spacial score (nSPS) is 10.2. The molecule has 1 heterocycles. The molecule has 0 bridgehead atoms. The number of ether oxygens (including phenoxy) is 1. The van der Waals surface area contributed by atoms with E-state index in [1.165, 1.54) is 11.8 Å². The van der Waals surface area contributed by atoms with Crippen molar-refractivity contribution in [2.45, 2.75) is 18.9 Å². The van der Waals surface area contributed by atoms with Crippen molar-refractivity contribution < 1.29 is 14.3 Å². The molecular weight excluding hydrogens is 312 g/mol. The van der Waals surface area contributed by atoms with Crippen molar-refractivity contribution in [1.82, 2.24) is 4.98 Å². The van der Waals surface area contributed by atoms with Crippen LogP contribution >= 0.6 is 11.8 Å². The first-order valence-electron chi connectivity index (χ1n) is 7.04. The Labute approximate surface area is 139 Å². The number of aryl methyl sites for hydroxylation is 2. The number of aromatic nitrogens is 1. The standard InChI is InChI=1S/C17H18N2O3S/c1-11-7-12(2)9-13(8-11)19-15(20)10-22-17(21)14-5-4-6-18-16(14)23-3/h4-9H,10H2,1-3H3,(H,19,20). The van der Waals surface area contributed by atoms with Gasteiger partial charge in [-0.3, -0.25) is 4.79 Å². The maximum absolute atomic E-state index is 12.0. The molecular formula is C17H18N2O3S. The van der Waals surface area contributed by atoms with Crippen molar-refractivity contribution in [3.05, 3.63) is 53.2 Å². The van der Waals surface area contributed by atoms with E-state index in [9.17, 15) is 9.59 Å². The van der Waals surface area contributed by atoms with Gasteiger partial charge in [-0.15, -0.1) is 11.8 Å². The summed E-state index contributed by atoms with van der Waals surface area (Å²) < 4.78 is 5.06. The Morgan fingerprint density at radius 3 is 2.57 bits per heavy atom. The predicted molar refractivity (Wildman–Crippen MR) is 90.8 cm³/mol. The molecule has 2 aromatic rings. The van der Waals surface area contributed by atoms with Crippen LogP contribution in [0.25, 0.3) is 0 Å². The van der Waals surface area contributed by atoms with E-state index in [0.29, 0.717) is 16.3 Å². The summed E-state index contributed by atoms with van der Waals surface area (Å²) in [7, 11) is 0. The number of nitrogens with one attached hydrogen (secondary N) is 1. The summed E-state index contributed by atoms with van der Waals surface area (Å²) in [6.45, 7) is 3.57. The number of thioether (sulfide) groups is 1. The first-order valence-corrected chi connectivity index (χ1v) is 8.26. The van der Waals surface area contributed by atoms with E-state index < -0.39 is 5.97 Å². The van der Waals surface area contributed by atoms with Crippen molar-refractivity contribution in [3.8, 4) is 0 Å². The molecule has 0 aliphatic heterocycles. The smallest absolute Gasteiger partial charge is 0.341 e. The Morgan fingerprint density at radius 2 is 1.91 bits per heavy atom. The second kappa shape index (κ2) is 7.78. The van der Waals surface area contributed by atoms with E-state index in [2.05, 4.69) is 10.3 Å². The molecule has 0 radical (unpaired) electrons. The first kappa shape index (κ1) is 17.0. The summed E-state index contributed by atoms with van der Waals surface area (Å²) >= 11 is 1.35. The lowest BCUT2D eigenvalue weighted by Gasteiger charge is -2.09. The third kappa shape index (κ3) is 4.82. The third-order valence-electron chi connectivity index (χ3n) is 3.02. The van der Waals surface area contributed by atoms with E-state index in [0.717, 1.165) is 11.1 Å². The van der Waals surface area contributed by atoms with Gasteiger partial charge >= 0.3 is 5.97 Å². The highest BCUT2D eigenvalue weighted by Crippen LogP contribution is 2.18. The van der Waals surface area contributed by atoms with Crippen LogP contribution in [0, 0.1) is 13.8 Å². The van der Waals surface area contributed by atoms with Gasteiger partial charge in [-0.05, 0) is 55.5 Å². The zero-order valence-electron chi connectivity index (χ0n) is 13.3. The zero-order chi connectivity index (χ0) is 16.8. The van der Waals surface area contributed by atoms with Crippen molar-refractivity contribution in [2.75, 3.05) is 18.2 Å². The average Bonchev–Trinajstić information content (AvgIpc) is 2.51. The number of amides is 1. The molecule has 0 saturated heterocycles. The molecule has 5 nitrogen and oxygen atoms in total. The van der Waals surface area contributed by atoms with Crippen LogP contribution < -0.4 is 5.32 Å². The molecule has 1 N–H and O–H groups in total. The number of esters is 1. The lowest BCUT2D eigenvalue weighted by molar-refractivity contribution is -0.119. The second-order valence-corrected chi connectivity index (χ2v) is 5.86. The molecule has 120 valence electrons. The Bertz CT molecular complexity index is 711. The summed E-state index contributed by atoms with van der Waals surface area (Å²) in [6, 6.07) is 9.02. The van der Waals surface area contributed by atoms with Gasteiger partial charge in [0.05, 0.1) is 5.56 Å². The van der Waals surface area contributed by atoms with Crippen LogP contribution in [0.15, 0.2) is 41.6 Å².